The number of phenols is 1. The quantitative estimate of drug-likeness (QED) is 0.126. The molecule has 0 saturated carbocycles. The van der Waals surface area contributed by atoms with E-state index in [0.717, 1.165) is 19.3 Å². The average Bonchev–Trinajstić information content (AvgIpc) is 3.47. The van der Waals surface area contributed by atoms with E-state index >= 15 is 0 Å². The number of carbonyl (C=O) groups is 2. The third kappa shape index (κ3) is 7.67. The van der Waals surface area contributed by atoms with E-state index in [2.05, 4.69) is 0 Å². The number of carbonyl (C=O) groups excluding carboxylic acids is 2. The molecule has 2 aliphatic heterocycles. The van der Waals surface area contributed by atoms with Gasteiger partial charge in [0.25, 0.3) is 0 Å². The SMILES string of the molecule is [2H]C([2H])(Oc1ccc(C(=O)c2c(-c3ccc(O)cc3)sc3cc(O[C@@H]4O[C@H](C(=O)[O-])[C@@H](O)[C@H](O)[C@H]4O)ccc23)cc1)C([2H])([2H])N1CCCCC1.[Li+]. The molecule has 0 bridgehead atoms. The number of thiophene rings is 1. The first-order valence-corrected chi connectivity index (χ1v) is 15.5. The van der Waals surface area contributed by atoms with E-state index in [1.807, 2.05) is 0 Å². The molecule has 4 aromatic rings. The van der Waals surface area contributed by atoms with E-state index in [4.69, 9.17) is 19.7 Å². The fourth-order valence-electron chi connectivity index (χ4n) is 5.44. The number of ketones is 1. The second-order valence-electron chi connectivity index (χ2n) is 11.1. The molecule has 3 aromatic carbocycles. The summed E-state index contributed by atoms with van der Waals surface area (Å²) in [5.41, 5.74) is 1.15. The van der Waals surface area contributed by atoms with E-state index < -0.39 is 55.5 Å². The van der Waals surface area contributed by atoms with Gasteiger partial charge >= 0.3 is 18.9 Å². The molecule has 1 aromatic heterocycles. The second-order valence-corrected chi connectivity index (χ2v) is 12.1. The first-order chi connectivity index (χ1) is 23.7. The minimum Gasteiger partial charge on any atom is -0.547 e. The molecule has 13 heteroatoms. The summed E-state index contributed by atoms with van der Waals surface area (Å²) < 4.78 is 50.6. The number of likely N-dealkylation sites (tertiary alicyclic amines) is 1. The minimum atomic E-state index is -2.69. The zero-order valence-electron chi connectivity index (χ0n) is 29.4. The van der Waals surface area contributed by atoms with Crippen LogP contribution in [0.1, 0.15) is 40.7 Å². The Morgan fingerprint density at radius 1 is 0.936 bits per heavy atom. The largest absolute Gasteiger partial charge is 1.00 e. The van der Waals surface area contributed by atoms with Crippen LogP contribution in [0, 0.1) is 0 Å². The third-order valence-corrected chi connectivity index (χ3v) is 9.12. The van der Waals surface area contributed by atoms with Gasteiger partial charge in [0.1, 0.15) is 48.2 Å². The number of aliphatic carboxylic acids is 1. The molecular formula is C34H34LiNO10S. The van der Waals surface area contributed by atoms with E-state index in [1.165, 1.54) is 64.8 Å². The number of aliphatic hydroxyl groups is 3. The zero-order chi connectivity index (χ0) is 36.0. The molecule has 5 atom stereocenters. The Labute approximate surface area is 292 Å². The van der Waals surface area contributed by atoms with Crippen molar-refractivity contribution in [3.8, 4) is 27.7 Å². The van der Waals surface area contributed by atoms with E-state index in [9.17, 15) is 35.1 Å². The third-order valence-electron chi connectivity index (χ3n) is 7.92. The molecular weight excluding hydrogens is 621 g/mol. The molecule has 11 nitrogen and oxygen atoms in total. The number of nitrogens with zero attached hydrogens (tertiary/aromatic N) is 1. The molecule has 0 radical (unpaired) electrons. The predicted octanol–water partition coefficient (Wildman–Crippen LogP) is -0.690. The van der Waals surface area contributed by atoms with Crippen LogP contribution in [0.25, 0.3) is 20.5 Å². The molecule has 0 spiro atoms. The summed E-state index contributed by atoms with van der Waals surface area (Å²) in [4.78, 5) is 27.5. The number of phenolic OH excluding ortho intramolecular Hbond substituents is 1. The Morgan fingerprint density at radius 2 is 1.62 bits per heavy atom. The van der Waals surface area contributed by atoms with Crippen molar-refractivity contribution in [3.63, 3.8) is 0 Å². The molecule has 0 amide bonds. The molecule has 2 aliphatic rings. The van der Waals surface area contributed by atoms with Gasteiger partial charge in [-0.1, -0.05) is 6.42 Å². The Morgan fingerprint density at radius 3 is 2.30 bits per heavy atom. The number of carboxylic acids is 1. The number of rotatable bonds is 10. The van der Waals surface area contributed by atoms with Crippen molar-refractivity contribution in [2.24, 2.45) is 0 Å². The summed E-state index contributed by atoms with van der Waals surface area (Å²) in [6, 6.07) is 16.5. The summed E-state index contributed by atoms with van der Waals surface area (Å²) in [7, 11) is 0. The Bertz CT molecular complexity index is 1870. The first-order valence-electron chi connectivity index (χ1n) is 16.7. The summed E-state index contributed by atoms with van der Waals surface area (Å²) in [5, 5.41) is 52.3. The van der Waals surface area contributed by atoms with Gasteiger partial charge < -0.3 is 44.5 Å². The molecule has 3 heterocycles. The fraction of sp³-hybridized carbons (Fsp3) is 0.353. The van der Waals surface area contributed by atoms with Crippen LogP contribution in [0.4, 0.5) is 0 Å². The molecule has 4 N–H and O–H groups in total. The van der Waals surface area contributed by atoms with Gasteiger partial charge in [0.15, 0.2) is 5.78 Å². The van der Waals surface area contributed by atoms with Gasteiger partial charge in [0.05, 0.1) is 8.71 Å². The van der Waals surface area contributed by atoms with E-state index in [0.29, 0.717) is 39.2 Å². The average molecular weight is 660 g/mol. The van der Waals surface area contributed by atoms with Gasteiger partial charge in [-0.25, -0.2) is 0 Å². The van der Waals surface area contributed by atoms with Crippen LogP contribution in [-0.4, -0.2) is 93.9 Å². The topological polar surface area (TPSA) is 169 Å². The number of benzene rings is 3. The van der Waals surface area contributed by atoms with Crippen LogP contribution in [0.15, 0.2) is 66.7 Å². The Hall–Kier alpha value is -3.44. The number of aromatic hydroxyl groups is 1. The number of ether oxygens (including phenoxy) is 3. The summed E-state index contributed by atoms with van der Waals surface area (Å²) >= 11 is 1.22. The number of piperidine rings is 1. The van der Waals surface area contributed by atoms with Crippen molar-refractivity contribution in [3.05, 3.63) is 77.9 Å². The van der Waals surface area contributed by atoms with Crippen LogP contribution < -0.4 is 33.4 Å². The van der Waals surface area contributed by atoms with Crippen molar-refractivity contribution < 1.29 is 73.7 Å². The van der Waals surface area contributed by atoms with Crippen LogP contribution in [0.2, 0.25) is 0 Å². The van der Waals surface area contributed by atoms with Crippen LogP contribution in [0.3, 0.4) is 0 Å². The monoisotopic (exact) mass is 659 g/mol. The standard InChI is InChI=1S/C34H35NO10S.Li/c36-21-8-4-20(5-9-21)32-26(27(37)19-6-10-22(11-7-19)43-17-16-35-14-2-1-3-15-35)24-13-12-23(18-25(24)46-32)44-34-30(40)28(38)29(39)31(45-34)33(41)42;/h4-13,18,28-31,34,36,38-40H,1-3,14-17H2,(H,41,42);/q;+1/p-1/t28-,29-,30+,31-,34+;/m0./s1/i16D2,17D2;. The first kappa shape index (κ1) is 29.7. The smallest absolute Gasteiger partial charge is 0.547 e. The van der Waals surface area contributed by atoms with Crippen LogP contribution >= 0.6 is 11.3 Å². The summed E-state index contributed by atoms with van der Waals surface area (Å²) in [6.45, 7) is -4.24. The summed E-state index contributed by atoms with van der Waals surface area (Å²) in [6.07, 6.45) is -6.77. The number of hydrogen-bond donors (Lipinski definition) is 4. The van der Waals surface area contributed by atoms with Gasteiger partial charge in [-0.2, -0.15) is 0 Å². The van der Waals surface area contributed by atoms with Gasteiger partial charge in [-0.05, 0) is 98.2 Å². The van der Waals surface area contributed by atoms with Gasteiger partial charge in [0, 0.05) is 35.3 Å². The molecule has 242 valence electrons. The number of aliphatic hydroxyl groups excluding tert-OH is 3. The normalized spacial score (nSPS) is 25.0. The predicted molar refractivity (Wildman–Crippen MR) is 167 cm³/mol. The molecule has 47 heavy (non-hydrogen) atoms. The van der Waals surface area contributed by atoms with Crippen molar-refractivity contribution in [2.75, 3.05) is 26.1 Å². The van der Waals surface area contributed by atoms with E-state index in [-0.39, 0.29) is 41.7 Å². The Kier molecular flexibility index (Phi) is 9.59. The summed E-state index contributed by atoms with van der Waals surface area (Å²) in [5.74, 6) is -2.05. The molecule has 2 saturated heterocycles. The number of hydrogen-bond acceptors (Lipinski definition) is 12. The maximum absolute atomic E-state index is 14.1. The van der Waals surface area contributed by atoms with Crippen molar-refractivity contribution >= 4 is 33.2 Å². The van der Waals surface area contributed by atoms with Crippen molar-refractivity contribution in [1.29, 1.82) is 0 Å². The van der Waals surface area contributed by atoms with Crippen LogP contribution in [0.5, 0.6) is 17.2 Å². The molecule has 6 rings (SSSR count). The van der Waals surface area contributed by atoms with Gasteiger partial charge in [-0.15, -0.1) is 11.3 Å². The van der Waals surface area contributed by atoms with Gasteiger partial charge in [-0.3, -0.25) is 9.69 Å². The van der Waals surface area contributed by atoms with E-state index in [1.54, 1.807) is 18.2 Å². The van der Waals surface area contributed by atoms with Crippen molar-refractivity contribution in [2.45, 2.75) is 50.0 Å². The maximum atomic E-state index is 14.1. The Balaban J connectivity index is 0.00000504. The van der Waals surface area contributed by atoms with Crippen LogP contribution in [-0.2, 0) is 9.53 Å². The second kappa shape index (κ2) is 15.2. The maximum Gasteiger partial charge on any atom is 1.00 e. The fourth-order valence-corrected chi connectivity index (χ4v) is 6.67. The minimum absolute atomic E-state index is 0. The molecule has 0 aliphatic carbocycles. The molecule has 0 unspecified atom stereocenters. The molecule has 2 fully saturated rings. The van der Waals surface area contributed by atoms with Gasteiger partial charge in [0.2, 0.25) is 6.29 Å². The van der Waals surface area contributed by atoms with Crippen molar-refractivity contribution in [1.82, 2.24) is 4.90 Å². The zero-order valence-corrected chi connectivity index (χ0v) is 26.2. The number of carboxylic acid groups (broad SMARTS) is 1. The number of fused-ring (bicyclic) bond motifs is 1.